The summed E-state index contributed by atoms with van der Waals surface area (Å²) in [4.78, 5) is 39.8. The van der Waals surface area contributed by atoms with Gasteiger partial charge >= 0.3 is 5.69 Å². The van der Waals surface area contributed by atoms with Crippen molar-refractivity contribution < 1.29 is 9.18 Å². The van der Waals surface area contributed by atoms with E-state index in [0.29, 0.717) is 24.3 Å². The van der Waals surface area contributed by atoms with Crippen LogP contribution in [0.2, 0.25) is 0 Å². The highest BCUT2D eigenvalue weighted by Crippen LogP contribution is 2.21. The highest BCUT2D eigenvalue weighted by atomic mass is 19.1. The monoisotopic (exact) mass is 389 g/mol. The second-order valence-corrected chi connectivity index (χ2v) is 7.02. The van der Waals surface area contributed by atoms with Crippen molar-refractivity contribution in [3.8, 4) is 0 Å². The fourth-order valence-corrected chi connectivity index (χ4v) is 3.38. The van der Waals surface area contributed by atoms with Crippen molar-refractivity contribution in [1.29, 1.82) is 0 Å². The van der Waals surface area contributed by atoms with Crippen molar-refractivity contribution in [2.75, 3.05) is 29.0 Å². The minimum atomic E-state index is -0.672. The maximum Gasteiger partial charge on any atom is 0.332 e. The second-order valence-electron chi connectivity index (χ2n) is 7.02. The normalized spacial score (nSPS) is 14.2. The molecule has 9 heteroatoms. The number of nitrogen functional groups attached to an aromatic ring is 1. The Balaban J connectivity index is 1.94. The molecule has 1 aromatic carbocycles. The van der Waals surface area contributed by atoms with Crippen molar-refractivity contribution in [3.05, 3.63) is 50.4 Å². The lowest BCUT2D eigenvalue weighted by atomic mass is 10.1. The third-order valence-corrected chi connectivity index (χ3v) is 5.02. The van der Waals surface area contributed by atoms with Gasteiger partial charge in [0.2, 0.25) is 5.91 Å². The van der Waals surface area contributed by atoms with Crippen LogP contribution < -0.4 is 27.2 Å². The van der Waals surface area contributed by atoms with Gasteiger partial charge in [0.25, 0.3) is 5.56 Å². The Kier molecular flexibility index (Phi) is 5.53. The highest BCUT2D eigenvalue weighted by molar-refractivity contribution is 5.91. The molecule has 3 rings (SSSR count). The van der Waals surface area contributed by atoms with Gasteiger partial charge in [-0.2, -0.15) is 0 Å². The topological polar surface area (TPSA) is 102 Å². The largest absolute Gasteiger partial charge is 0.383 e. The van der Waals surface area contributed by atoms with Crippen LogP contribution in [0.4, 0.5) is 21.6 Å². The van der Waals surface area contributed by atoms with Gasteiger partial charge in [0.1, 0.15) is 23.9 Å². The number of anilines is 3. The van der Waals surface area contributed by atoms with Crippen LogP contribution in [0.5, 0.6) is 0 Å². The smallest absolute Gasteiger partial charge is 0.332 e. The fraction of sp³-hybridized carbons (Fsp3) is 0.421. The van der Waals surface area contributed by atoms with E-state index in [1.807, 2.05) is 4.90 Å². The number of nitrogens with two attached hydrogens (primary N) is 1. The van der Waals surface area contributed by atoms with E-state index in [0.717, 1.165) is 23.8 Å². The van der Waals surface area contributed by atoms with Gasteiger partial charge in [-0.15, -0.1) is 0 Å². The predicted molar refractivity (Wildman–Crippen MR) is 106 cm³/mol. The molecule has 0 atom stereocenters. The van der Waals surface area contributed by atoms with Crippen LogP contribution >= 0.6 is 0 Å². The Morgan fingerprint density at radius 1 is 1.21 bits per heavy atom. The number of hydrogen-bond donors (Lipinski definition) is 2. The first kappa shape index (κ1) is 19.7. The van der Waals surface area contributed by atoms with E-state index in [-0.39, 0.29) is 11.5 Å². The Bertz CT molecular complexity index is 1020. The summed E-state index contributed by atoms with van der Waals surface area (Å²) in [6.45, 7) is 2.58. The van der Waals surface area contributed by atoms with Gasteiger partial charge in [-0.05, 0) is 43.9 Å². The van der Waals surface area contributed by atoms with Gasteiger partial charge in [0.05, 0.1) is 0 Å². The van der Waals surface area contributed by atoms with Crippen LogP contribution in [0, 0.1) is 12.7 Å². The Morgan fingerprint density at radius 2 is 1.89 bits per heavy atom. The third kappa shape index (κ3) is 3.78. The Hall–Kier alpha value is -3.10. The summed E-state index contributed by atoms with van der Waals surface area (Å²) in [5.41, 5.74) is 5.99. The lowest BCUT2D eigenvalue weighted by molar-refractivity contribution is -0.116. The molecule has 1 aliphatic heterocycles. The second kappa shape index (κ2) is 7.87. The molecule has 1 fully saturated rings. The molecular weight excluding hydrogens is 365 g/mol. The molecule has 0 bridgehead atoms. The van der Waals surface area contributed by atoms with E-state index >= 15 is 0 Å². The van der Waals surface area contributed by atoms with E-state index in [1.54, 1.807) is 6.92 Å². The van der Waals surface area contributed by atoms with Gasteiger partial charge in [-0.25, -0.2) is 13.8 Å². The summed E-state index contributed by atoms with van der Waals surface area (Å²) < 4.78 is 15.5. The number of amides is 1. The lowest BCUT2D eigenvalue weighted by Crippen LogP contribution is -2.46. The van der Waals surface area contributed by atoms with E-state index in [9.17, 15) is 18.8 Å². The Labute approximate surface area is 161 Å². The summed E-state index contributed by atoms with van der Waals surface area (Å²) in [5, 5.41) is 2.56. The quantitative estimate of drug-likeness (QED) is 0.818. The van der Waals surface area contributed by atoms with Gasteiger partial charge in [-0.3, -0.25) is 14.2 Å². The number of benzene rings is 1. The number of carbonyl (C=O) groups excluding carboxylic acids is 1. The van der Waals surface area contributed by atoms with Gasteiger partial charge in [0.15, 0.2) is 0 Å². The van der Waals surface area contributed by atoms with E-state index < -0.39 is 29.5 Å². The van der Waals surface area contributed by atoms with E-state index in [4.69, 9.17) is 5.73 Å². The molecule has 2 heterocycles. The zero-order valence-corrected chi connectivity index (χ0v) is 16.0. The standard InChI is InChI=1S/C19H24FN5O3/c1-12-6-7-13(20)10-14(12)22-15(26)11-25-18(27)16(17(21)23(2)19(25)28)24-8-4-3-5-9-24/h6-7,10H,3-5,8-9,11,21H2,1-2H3,(H,22,26). The number of carbonyl (C=O) groups is 1. The minimum Gasteiger partial charge on any atom is -0.383 e. The van der Waals surface area contributed by atoms with E-state index in [1.165, 1.54) is 29.8 Å². The summed E-state index contributed by atoms with van der Waals surface area (Å²) in [7, 11) is 1.47. The summed E-state index contributed by atoms with van der Waals surface area (Å²) in [6.07, 6.45) is 2.94. The maximum atomic E-state index is 13.4. The summed E-state index contributed by atoms with van der Waals surface area (Å²) in [6, 6.07) is 4.01. The van der Waals surface area contributed by atoms with Crippen molar-refractivity contribution >= 4 is 23.1 Å². The van der Waals surface area contributed by atoms with E-state index in [2.05, 4.69) is 5.32 Å². The molecule has 1 amide bonds. The zero-order chi connectivity index (χ0) is 20.4. The SMILES string of the molecule is Cc1ccc(F)cc1NC(=O)Cn1c(=O)c(N2CCCCC2)c(N)n(C)c1=O. The predicted octanol–water partition coefficient (Wildman–Crippen LogP) is 1.21. The van der Waals surface area contributed by atoms with Crippen molar-refractivity contribution in [2.24, 2.45) is 7.05 Å². The van der Waals surface area contributed by atoms with Gasteiger partial charge < -0.3 is 16.0 Å². The first-order valence-electron chi connectivity index (χ1n) is 9.20. The molecule has 1 saturated heterocycles. The third-order valence-electron chi connectivity index (χ3n) is 5.02. The summed E-state index contributed by atoms with van der Waals surface area (Å²) in [5.74, 6) is -0.995. The van der Waals surface area contributed by atoms with Crippen LogP contribution in [0.25, 0.3) is 0 Å². The van der Waals surface area contributed by atoms with Crippen molar-refractivity contribution in [3.63, 3.8) is 0 Å². The van der Waals surface area contributed by atoms with Crippen LogP contribution in [0.15, 0.2) is 27.8 Å². The average Bonchev–Trinajstić information content (AvgIpc) is 2.67. The lowest BCUT2D eigenvalue weighted by Gasteiger charge is -2.29. The van der Waals surface area contributed by atoms with Crippen LogP contribution in [0.3, 0.4) is 0 Å². The first-order chi connectivity index (χ1) is 13.3. The molecule has 150 valence electrons. The number of hydrogen-bond acceptors (Lipinski definition) is 5. The first-order valence-corrected chi connectivity index (χ1v) is 9.20. The van der Waals surface area contributed by atoms with Gasteiger partial charge in [0, 0.05) is 25.8 Å². The number of piperidine rings is 1. The number of halogens is 1. The molecule has 0 spiro atoms. The fourth-order valence-electron chi connectivity index (χ4n) is 3.38. The van der Waals surface area contributed by atoms with Crippen molar-refractivity contribution in [2.45, 2.75) is 32.7 Å². The maximum absolute atomic E-state index is 13.4. The molecule has 2 aromatic rings. The van der Waals surface area contributed by atoms with Crippen molar-refractivity contribution in [1.82, 2.24) is 9.13 Å². The molecule has 3 N–H and O–H groups in total. The highest BCUT2D eigenvalue weighted by Gasteiger charge is 2.23. The van der Waals surface area contributed by atoms with Crippen LogP contribution in [0.1, 0.15) is 24.8 Å². The average molecular weight is 389 g/mol. The molecule has 0 radical (unpaired) electrons. The molecule has 1 aromatic heterocycles. The summed E-state index contributed by atoms with van der Waals surface area (Å²) >= 11 is 0. The molecule has 8 nitrogen and oxygen atoms in total. The molecular formula is C19H24FN5O3. The number of nitrogens with zero attached hydrogens (tertiary/aromatic N) is 3. The van der Waals surface area contributed by atoms with Crippen LogP contribution in [-0.2, 0) is 18.4 Å². The minimum absolute atomic E-state index is 0.0922. The number of aryl methyl sites for hydroxylation is 1. The van der Waals surface area contributed by atoms with Gasteiger partial charge in [-0.1, -0.05) is 6.07 Å². The molecule has 0 unspecified atom stereocenters. The number of nitrogens with one attached hydrogen (secondary N) is 1. The molecule has 0 aliphatic carbocycles. The Morgan fingerprint density at radius 3 is 2.57 bits per heavy atom. The molecule has 28 heavy (non-hydrogen) atoms. The molecule has 0 saturated carbocycles. The van der Waals surface area contributed by atoms with Crippen LogP contribution in [-0.4, -0.2) is 28.1 Å². The number of aromatic nitrogens is 2. The zero-order valence-electron chi connectivity index (χ0n) is 16.0. The molecule has 1 aliphatic rings. The number of rotatable bonds is 4.